The minimum absolute atomic E-state index is 0.500. The Kier molecular flexibility index (Phi) is 14.7. The van der Waals surface area contributed by atoms with E-state index in [1.54, 1.807) is 19.3 Å². The zero-order valence-electron chi connectivity index (χ0n) is 17.3. The second-order valence-electron chi connectivity index (χ2n) is 8.18. The summed E-state index contributed by atoms with van der Waals surface area (Å²) in [6, 6.07) is 0. The quantitative estimate of drug-likeness (QED) is 0.291. The summed E-state index contributed by atoms with van der Waals surface area (Å²) in [7, 11) is 2.40. The van der Waals surface area contributed by atoms with Gasteiger partial charge in [0.2, 0.25) is 0 Å². The van der Waals surface area contributed by atoms with Gasteiger partial charge in [0.05, 0.1) is 0 Å². The molecule has 1 rings (SSSR count). The topological polar surface area (TPSA) is 0 Å². The van der Waals surface area contributed by atoms with Crippen LogP contribution in [0.15, 0.2) is 0 Å². The Balaban J connectivity index is 0.00000149. The molecule has 0 aromatic rings. The molecular formula is C20H44P2Ti. The first kappa shape index (κ1) is 24.6. The van der Waals surface area contributed by atoms with Crippen molar-refractivity contribution >= 4 is 17.2 Å². The van der Waals surface area contributed by atoms with Crippen molar-refractivity contribution in [2.75, 3.05) is 0 Å². The molecule has 1 aliphatic rings. The van der Waals surface area contributed by atoms with Crippen molar-refractivity contribution in [3.8, 4) is 0 Å². The van der Waals surface area contributed by atoms with Crippen molar-refractivity contribution in [3.05, 3.63) is 0 Å². The summed E-state index contributed by atoms with van der Waals surface area (Å²) in [5, 5.41) is 4.50. The molecule has 3 heteroatoms. The van der Waals surface area contributed by atoms with Crippen LogP contribution in [0.1, 0.15) is 86.5 Å². The Morgan fingerprint density at radius 3 is 1.48 bits per heavy atom. The normalized spacial score (nSPS) is 24.6. The maximum atomic E-state index is 2.42. The van der Waals surface area contributed by atoms with Gasteiger partial charge in [0, 0.05) is 0 Å². The third-order valence-corrected chi connectivity index (χ3v) is 7.78. The summed E-state index contributed by atoms with van der Waals surface area (Å²) >= 11 is 0.500. The van der Waals surface area contributed by atoms with Gasteiger partial charge in [-0.3, -0.25) is 0 Å². The van der Waals surface area contributed by atoms with E-state index in [0.29, 0.717) is 24.6 Å². The van der Waals surface area contributed by atoms with Gasteiger partial charge in [-0.25, -0.2) is 0 Å². The molecule has 0 bridgehead atoms. The van der Waals surface area contributed by atoms with Crippen molar-refractivity contribution in [2.24, 2.45) is 5.41 Å². The van der Waals surface area contributed by atoms with Gasteiger partial charge in [-0.15, -0.1) is 17.2 Å². The van der Waals surface area contributed by atoms with E-state index in [9.17, 15) is 0 Å². The summed E-state index contributed by atoms with van der Waals surface area (Å²) in [6.45, 7) is 14.5. The molecule has 0 aromatic heterocycles. The van der Waals surface area contributed by atoms with Crippen molar-refractivity contribution in [3.63, 3.8) is 0 Å². The van der Waals surface area contributed by atoms with Crippen molar-refractivity contribution in [1.29, 1.82) is 0 Å². The molecule has 1 fully saturated rings. The van der Waals surface area contributed by atoms with Crippen LogP contribution in [0, 0.1) is 5.41 Å². The molecule has 0 radical (unpaired) electrons. The number of hydrogen-bond donors (Lipinski definition) is 0. The van der Waals surface area contributed by atoms with E-state index in [1.165, 1.54) is 42.8 Å². The molecular weight excluding hydrogens is 350 g/mol. The SMILES string of the molecule is CCCC1(CCC)CC(PC(C)C)CC(PC(C)C)C1.[CH3][Ti][CH3]. The number of rotatable bonds is 8. The van der Waals surface area contributed by atoms with Crippen LogP contribution >= 0.6 is 17.2 Å². The first-order chi connectivity index (χ1) is 10.8. The van der Waals surface area contributed by atoms with Gasteiger partial charge in [-0.1, -0.05) is 54.4 Å². The third kappa shape index (κ3) is 11.0. The zero-order chi connectivity index (χ0) is 17.9. The standard InChI is InChI=1S/C18H38P2.2CH3.Ti/c1-7-9-18(10-8-2)12-16(19-14(3)4)11-17(13-18)20-15(5)6;;;/h14-17,19-20H,7-13H2,1-6H3;2*1H3;. The van der Waals surface area contributed by atoms with E-state index in [4.69, 9.17) is 0 Å². The first-order valence-corrected chi connectivity index (χ1v) is 15.4. The fraction of sp³-hybridized carbons (Fsp3) is 1.00. The average molecular weight is 394 g/mol. The van der Waals surface area contributed by atoms with Crippen LogP contribution in [0.3, 0.4) is 0 Å². The van der Waals surface area contributed by atoms with Crippen LogP contribution in [0.2, 0.25) is 10.5 Å². The molecule has 23 heavy (non-hydrogen) atoms. The molecule has 0 heterocycles. The van der Waals surface area contributed by atoms with Crippen LogP contribution in [0.4, 0.5) is 0 Å². The molecule has 1 saturated carbocycles. The fourth-order valence-corrected chi connectivity index (χ4v) is 8.49. The van der Waals surface area contributed by atoms with Gasteiger partial charge in [0.15, 0.2) is 0 Å². The molecule has 4 atom stereocenters. The van der Waals surface area contributed by atoms with E-state index in [0.717, 1.165) is 22.6 Å². The van der Waals surface area contributed by atoms with Crippen molar-refractivity contribution in [2.45, 2.75) is 120 Å². The molecule has 1 aliphatic carbocycles. The molecule has 4 unspecified atom stereocenters. The fourth-order valence-electron chi connectivity index (χ4n) is 4.43. The van der Waals surface area contributed by atoms with Crippen molar-refractivity contribution < 1.29 is 19.2 Å². The molecule has 0 aromatic carbocycles. The zero-order valence-corrected chi connectivity index (χ0v) is 20.8. The monoisotopic (exact) mass is 394 g/mol. The van der Waals surface area contributed by atoms with E-state index in [-0.39, 0.29) is 0 Å². The van der Waals surface area contributed by atoms with E-state index >= 15 is 0 Å². The predicted octanol–water partition coefficient (Wildman–Crippen LogP) is 7.83. The Morgan fingerprint density at radius 1 is 0.870 bits per heavy atom. The van der Waals surface area contributed by atoms with Gasteiger partial charge >= 0.3 is 29.6 Å². The van der Waals surface area contributed by atoms with Gasteiger partial charge in [0.25, 0.3) is 0 Å². The molecule has 0 N–H and O–H groups in total. The molecule has 0 nitrogen and oxygen atoms in total. The third-order valence-electron chi connectivity index (χ3n) is 4.63. The Bertz CT molecular complexity index is 253. The van der Waals surface area contributed by atoms with Gasteiger partial charge < -0.3 is 0 Å². The minimum atomic E-state index is 0.500. The first-order valence-electron chi connectivity index (χ1n) is 9.93. The summed E-state index contributed by atoms with van der Waals surface area (Å²) in [5.41, 5.74) is 4.60. The summed E-state index contributed by atoms with van der Waals surface area (Å²) in [5.74, 6) is 0. The Hall–Kier alpha value is 1.57. The molecule has 0 spiro atoms. The molecule has 138 valence electrons. The van der Waals surface area contributed by atoms with Gasteiger partial charge in [0.1, 0.15) is 0 Å². The van der Waals surface area contributed by atoms with Crippen LogP contribution in [0.25, 0.3) is 0 Å². The van der Waals surface area contributed by atoms with E-state index in [2.05, 4.69) is 52.0 Å². The maximum absolute atomic E-state index is 2.42. The predicted molar refractivity (Wildman–Crippen MR) is 112 cm³/mol. The van der Waals surface area contributed by atoms with E-state index < -0.39 is 0 Å². The van der Waals surface area contributed by atoms with Crippen LogP contribution in [0.5, 0.6) is 0 Å². The van der Waals surface area contributed by atoms with Gasteiger partial charge in [-0.05, 0) is 60.2 Å². The van der Waals surface area contributed by atoms with Gasteiger partial charge in [-0.2, -0.15) is 0 Å². The second-order valence-corrected chi connectivity index (χ2v) is 14.4. The summed E-state index contributed by atoms with van der Waals surface area (Å²) in [6.07, 6.45) is 10.4. The Labute approximate surface area is 161 Å². The van der Waals surface area contributed by atoms with Crippen LogP contribution in [-0.2, 0) is 19.2 Å². The van der Waals surface area contributed by atoms with Crippen LogP contribution in [-0.4, -0.2) is 22.6 Å². The van der Waals surface area contributed by atoms with Crippen LogP contribution < -0.4 is 0 Å². The molecule has 0 amide bonds. The summed E-state index contributed by atoms with van der Waals surface area (Å²) < 4.78 is 0. The Morgan fingerprint density at radius 2 is 1.22 bits per heavy atom. The summed E-state index contributed by atoms with van der Waals surface area (Å²) in [4.78, 5) is 0. The second kappa shape index (κ2) is 13.7. The average Bonchev–Trinajstić information content (AvgIpc) is 2.37. The van der Waals surface area contributed by atoms with E-state index in [1.807, 2.05) is 0 Å². The molecule has 0 saturated heterocycles. The van der Waals surface area contributed by atoms with Crippen molar-refractivity contribution in [1.82, 2.24) is 0 Å². The molecule has 0 aliphatic heterocycles. The number of hydrogen-bond acceptors (Lipinski definition) is 0.